The van der Waals surface area contributed by atoms with Crippen molar-refractivity contribution in [3.63, 3.8) is 0 Å². The Bertz CT molecular complexity index is 541. The molecule has 0 N–H and O–H groups in total. The predicted octanol–water partition coefficient (Wildman–Crippen LogP) is 3.18. The van der Waals surface area contributed by atoms with E-state index in [-0.39, 0.29) is 5.91 Å². The first kappa shape index (κ1) is 19.2. The molecule has 6 heteroatoms. The van der Waals surface area contributed by atoms with Gasteiger partial charge in [-0.15, -0.1) is 0 Å². The zero-order chi connectivity index (χ0) is 17.4. The molecule has 0 atom stereocenters. The van der Waals surface area contributed by atoms with Crippen LogP contribution in [0, 0.1) is 0 Å². The van der Waals surface area contributed by atoms with Crippen LogP contribution in [0.3, 0.4) is 0 Å². The Morgan fingerprint density at radius 1 is 1.04 bits per heavy atom. The highest BCUT2D eigenvalue weighted by molar-refractivity contribution is 7.80. The standard InChI is InChI=1S/C17H26N2O3S/c1-6-18(7-2)16(20)14-12-13(21-5)10-11-15(14)22-17(23)19(8-3)9-4/h10-12H,6-9H2,1-5H3. The minimum Gasteiger partial charge on any atom is -0.497 e. The molecule has 1 aromatic rings. The van der Waals surface area contributed by atoms with Crippen LogP contribution >= 0.6 is 12.2 Å². The Balaban J connectivity index is 3.16. The lowest BCUT2D eigenvalue weighted by atomic mass is 10.1. The van der Waals surface area contributed by atoms with Crippen molar-refractivity contribution in [2.24, 2.45) is 0 Å². The number of nitrogens with zero attached hydrogens (tertiary/aromatic N) is 2. The summed E-state index contributed by atoms with van der Waals surface area (Å²) in [6.45, 7) is 10.7. The molecule has 0 aromatic heterocycles. The zero-order valence-corrected chi connectivity index (χ0v) is 15.4. The number of thiocarbonyl (C=S) groups is 1. The maximum Gasteiger partial charge on any atom is 0.264 e. The lowest BCUT2D eigenvalue weighted by molar-refractivity contribution is 0.0770. The molecule has 128 valence electrons. The SMILES string of the molecule is CCN(CC)C(=O)c1cc(OC)ccc1OC(=S)N(CC)CC. The van der Waals surface area contributed by atoms with Gasteiger partial charge in [-0.2, -0.15) is 0 Å². The number of ether oxygens (including phenoxy) is 2. The average molecular weight is 338 g/mol. The fraction of sp³-hybridized carbons (Fsp3) is 0.529. The van der Waals surface area contributed by atoms with Gasteiger partial charge >= 0.3 is 0 Å². The summed E-state index contributed by atoms with van der Waals surface area (Å²) in [6, 6.07) is 5.19. The second kappa shape index (κ2) is 9.35. The Hall–Kier alpha value is -1.82. The number of methoxy groups -OCH3 is 1. The number of rotatable bonds is 7. The highest BCUT2D eigenvalue weighted by atomic mass is 32.1. The first-order chi connectivity index (χ1) is 11.0. The minimum absolute atomic E-state index is 0.0914. The molecule has 0 aliphatic rings. The van der Waals surface area contributed by atoms with Crippen LogP contribution in [0.25, 0.3) is 0 Å². The highest BCUT2D eigenvalue weighted by Gasteiger charge is 2.20. The number of hydrogen-bond donors (Lipinski definition) is 0. The number of hydrogen-bond acceptors (Lipinski definition) is 4. The fourth-order valence-corrected chi connectivity index (χ4v) is 2.56. The Labute approximate surface area is 144 Å². The number of carbonyl (C=O) groups excluding carboxylic acids is 1. The van der Waals surface area contributed by atoms with Gasteiger partial charge in [0.2, 0.25) is 0 Å². The van der Waals surface area contributed by atoms with Gasteiger partial charge in [-0.3, -0.25) is 4.79 Å². The molecule has 0 heterocycles. The monoisotopic (exact) mass is 338 g/mol. The molecule has 0 fully saturated rings. The van der Waals surface area contributed by atoms with E-state index in [0.717, 1.165) is 13.1 Å². The smallest absolute Gasteiger partial charge is 0.264 e. The molecule has 0 spiro atoms. The third-order valence-corrected chi connectivity index (χ3v) is 4.03. The van der Waals surface area contributed by atoms with E-state index in [1.807, 2.05) is 32.6 Å². The first-order valence-electron chi connectivity index (χ1n) is 7.96. The minimum atomic E-state index is -0.0914. The van der Waals surface area contributed by atoms with Crippen molar-refractivity contribution in [2.45, 2.75) is 27.7 Å². The molecule has 23 heavy (non-hydrogen) atoms. The van der Waals surface area contributed by atoms with E-state index in [1.165, 1.54) is 0 Å². The van der Waals surface area contributed by atoms with Gasteiger partial charge in [0.1, 0.15) is 11.5 Å². The highest BCUT2D eigenvalue weighted by Crippen LogP contribution is 2.26. The summed E-state index contributed by atoms with van der Waals surface area (Å²) < 4.78 is 11.0. The van der Waals surface area contributed by atoms with E-state index in [2.05, 4.69) is 0 Å². The van der Waals surface area contributed by atoms with Gasteiger partial charge in [0.15, 0.2) is 0 Å². The number of carbonyl (C=O) groups is 1. The van der Waals surface area contributed by atoms with Crippen molar-refractivity contribution in [2.75, 3.05) is 33.3 Å². The van der Waals surface area contributed by atoms with Gasteiger partial charge in [-0.1, -0.05) is 0 Å². The summed E-state index contributed by atoms with van der Waals surface area (Å²) in [7, 11) is 1.57. The van der Waals surface area contributed by atoms with Crippen LogP contribution < -0.4 is 9.47 Å². The zero-order valence-electron chi connectivity index (χ0n) is 14.6. The van der Waals surface area contributed by atoms with E-state index < -0.39 is 0 Å². The third kappa shape index (κ3) is 4.82. The molecule has 1 aromatic carbocycles. The second-order valence-corrected chi connectivity index (χ2v) is 5.23. The second-order valence-electron chi connectivity index (χ2n) is 4.88. The summed E-state index contributed by atoms with van der Waals surface area (Å²) in [5.41, 5.74) is 0.461. The molecular formula is C17H26N2O3S. The Morgan fingerprint density at radius 3 is 2.09 bits per heavy atom. The van der Waals surface area contributed by atoms with Crippen molar-refractivity contribution in [3.05, 3.63) is 23.8 Å². The van der Waals surface area contributed by atoms with Crippen molar-refractivity contribution >= 4 is 23.3 Å². The van der Waals surface area contributed by atoms with Gasteiger partial charge < -0.3 is 19.3 Å². The molecule has 0 aliphatic carbocycles. The summed E-state index contributed by atoms with van der Waals surface area (Å²) in [5, 5.41) is 0.369. The fourth-order valence-electron chi connectivity index (χ4n) is 2.21. The Morgan fingerprint density at radius 2 is 1.61 bits per heavy atom. The normalized spacial score (nSPS) is 10.1. The molecule has 0 radical (unpaired) electrons. The van der Waals surface area contributed by atoms with Crippen LogP contribution in [0.5, 0.6) is 11.5 Å². The quantitative estimate of drug-likeness (QED) is 0.714. The summed E-state index contributed by atoms with van der Waals surface area (Å²) >= 11 is 5.33. The topological polar surface area (TPSA) is 42.0 Å². The molecule has 0 saturated heterocycles. The van der Waals surface area contributed by atoms with E-state index >= 15 is 0 Å². The lowest BCUT2D eigenvalue weighted by Gasteiger charge is -2.24. The van der Waals surface area contributed by atoms with E-state index in [0.29, 0.717) is 35.3 Å². The molecule has 5 nitrogen and oxygen atoms in total. The molecule has 0 saturated carbocycles. The largest absolute Gasteiger partial charge is 0.497 e. The van der Waals surface area contributed by atoms with Crippen molar-refractivity contribution in [1.29, 1.82) is 0 Å². The van der Waals surface area contributed by atoms with Gasteiger partial charge in [-0.25, -0.2) is 0 Å². The Kier molecular flexibility index (Phi) is 7.81. The van der Waals surface area contributed by atoms with Crippen molar-refractivity contribution in [3.8, 4) is 11.5 Å². The van der Waals surface area contributed by atoms with Gasteiger partial charge in [-0.05, 0) is 58.1 Å². The first-order valence-corrected chi connectivity index (χ1v) is 8.37. The third-order valence-electron chi connectivity index (χ3n) is 3.69. The predicted molar refractivity (Wildman–Crippen MR) is 96.4 cm³/mol. The molecule has 1 amide bonds. The van der Waals surface area contributed by atoms with Crippen LogP contribution in [0.4, 0.5) is 0 Å². The molecule has 1 rings (SSSR count). The van der Waals surface area contributed by atoms with E-state index in [4.69, 9.17) is 21.7 Å². The summed E-state index contributed by atoms with van der Waals surface area (Å²) in [5.74, 6) is 0.979. The molecular weight excluding hydrogens is 312 g/mol. The summed E-state index contributed by atoms with van der Waals surface area (Å²) in [6.07, 6.45) is 0. The summed E-state index contributed by atoms with van der Waals surface area (Å²) in [4.78, 5) is 16.4. The van der Waals surface area contributed by atoms with Crippen LogP contribution in [-0.4, -0.2) is 54.2 Å². The van der Waals surface area contributed by atoms with Crippen molar-refractivity contribution in [1.82, 2.24) is 9.80 Å². The number of benzene rings is 1. The van der Waals surface area contributed by atoms with Gasteiger partial charge in [0.25, 0.3) is 11.1 Å². The maximum atomic E-state index is 12.7. The van der Waals surface area contributed by atoms with Gasteiger partial charge in [0, 0.05) is 26.2 Å². The molecule has 0 bridgehead atoms. The number of amides is 1. The van der Waals surface area contributed by atoms with E-state index in [9.17, 15) is 4.79 Å². The molecule has 0 unspecified atom stereocenters. The van der Waals surface area contributed by atoms with Crippen LogP contribution in [0.2, 0.25) is 0 Å². The molecule has 0 aliphatic heterocycles. The van der Waals surface area contributed by atoms with Crippen molar-refractivity contribution < 1.29 is 14.3 Å². The maximum absolute atomic E-state index is 12.7. The van der Waals surface area contributed by atoms with Crippen LogP contribution in [0.1, 0.15) is 38.1 Å². The van der Waals surface area contributed by atoms with Crippen LogP contribution in [-0.2, 0) is 0 Å². The van der Waals surface area contributed by atoms with Crippen LogP contribution in [0.15, 0.2) is 18.2 Å². The van der Waals surface area contributed by atoms with E-state index in [1.54, 1.807) is 30.2 Å². The lowest BCUT2D eigenvalue weighted by Crippen LogP contribution is -2.34. The van der Waals surface area contributed by atoms with Gasteiger partial charge in [0.05, 0.1) is 12.7 Å². The average Bonchev–Trinajstić information content (AvgIpc) is 2.57.